The lowest BCUT2D eigenvalue weighted by Crippen LogP contribution is -2.25. The first-order valence-corrected chi connectivity index (χ1v) is 5.49. The molecule has 0 bridgehead atoms. The Bertz CT molecular complexity index is 384. The minimum atomic E-state index is 0.0878. The van der Waals surface area contributed by atoms with Gasteiger partial charge in [-0.3, -0.25) is 4.98 Å². The van der Waals surface area contributed by atoms with E-state index in [1.165, 1.54) is 11.1 Å². The SMILES string of the molecule is C[C@H](N)C(c1ccccc1)c1ccncc1. The second-order valence-electron chi connectivity index (χ2n) is 4.03. The minimum absolute atomic E-state index is 0.0878. The summed E-state index contributed by atoms with van der Waals surface area (Å²) in [6.07, 6.45) is 3.63. The minimum Gasteiger partial charge on any atom is -0.327 e. The first-order chi connectivity index (χ1) is 7.79. The fourth-order valence-corrected chi connectivity index (χ4v) is 2.03. The Morgan fingerprint density at radius 1 is 0.938 bits per heavy atom. The molecule has 0 saturated heterocycles. The van der Waals surface area contributed by atoms with Crippen molar-refractivity contribution in [2.75, 3.05) is 0 Å². The van der Waals surface area contributed by atoms with Crippen LogP contribution < -0.4 is 5.73 Å². The molecule has 1 heterocycles. The highest BCUT2D eigenvalue weighted by Crippen LogP contribution is 2.26. The van der Waals surface area contributed by atoms with Crippen molar-refractivity contribution in [3.05, 3.63) is 66.0 Å². The fraction of sp³-hybridized carbons (Fsp3) is 0.214. The van der Waals surface area contributed by atoms with Crippen molar-refractivity contribution in [2.45, 2.75) is 18.9 Å². The Hall–Kier alpha value is -1.67. The topological polar surface area (TPSA) is 38.9 Å². The van der Waals surface area contributed by atoms with Gasteiger partial charge in [0.1, 0.15) is 0 Å². The molecule has 1 unspecified atom stereocenters. The predicted octanol–water partition coefficient (Wildman–Crippen LogP) is 2.56. The van der Waals surface area contributed by atoms with Gasteiger partial charge in [0, 0.05) is 24.4 Å². The lowest BCUT2D eigenvalue weighted by molar-refractivity contribution is 0.644. The van der Waals surface area contributed by atoms with Gasteiger partial charge in [-0.2, -0.15) is 0 Å². The average molecular weight is 212 g/mol. The van der Waals surface area contributed by atoms with Crippen LogP contribution in [0.25, 0.3) is 0 Å². The summed E-state index contributed by atoms with van der Waals surface area (Å²) in [7, 11) is 0. The van der Waals surface area contributed by atoms with E-state index in [2.05, 4.69) is 17.1 Å². The van der Waals surface area contributed by atoms with E-state index in [1.807, 2.05) is 49.6 Å². The zero-order valence-corrected chi connectivity index (χ0v) is 9.38. The lowest BCUT2D eigenvalue weighted by Gasteiger charge is -2.21. The summed E-state index contributed by atoms with van der Waals surface area (Å²) in [6, 6.07) is 14.5. The van der Waals surface area contributed by atoms with Gasteiger partial charge >= 0.3 is 0 Å². The van der Waals surface area contributed by atoms with E-state index in [9.17, 15) is 0 Å². The van der Waals surface area contributed by atoms with Crippen LogP contribution in [0.5, 0.6) is 0 Å². The standard InChI is InChI=1S/C14H16N2/c1-11(15)14(12-5-3-2-4-6-12)13-7-9-16-10-8-13/h2-11,14H,15H2,1H3/t11-,14?/m0/s1. The molecule has 0 saturated carbocycles. The smallest absolute Gasteiger partial charge is 0.0270 e. The number of rotatable bonds is 3. The van der Waals surface area contributed by atoms with Crippen molar-refractivity contribution in [3.8, 4) is 0 Å². The molecular formula is C14H16N2. The van der Waals surface area contributed by atoms with Gasteiger partial charge in [0.15, 0.2) is 0 Å². The molecule has 1 aromatic heterocycles. The molecule has 1 aromatic carbocycles. The van der Waals surface area contributed by atoms with Gasteiger partial charge < -0.3 is 5.73 Å². The predicted molar refractivity (Wildman–Crippen MR) is 66.2 cm³/mol. The third-order valence-corrected chi connectivity index (χ3v) is 2.75. The summed E-state index contributed by atoms with van der Waals surface area (Å²) in [6.45, 7) is 2.04. The lowest BCUT2D eigenvalue weighted by atomic mass is 9.87. The van der Waals surface area contributed by atoms with E-state index in [-0.39, 0.29) is 12.0 Å². The zero-order valence-electron chi connectivity index (χ0n) is 9.38. The molecule has 0 radical (unpaired) electrons. The van der Waals surface area contributed by atoms with Crippen LogP contribution in [0.3, 0.4) is 0 Å². The Kier molecular flexibility index (Phi) is 3.32. The van der Waals surface area contributed by atoms with E-state index < -0.39 is 0 Å². The second-order valence-corrected chi connectivity index (χ2v) is 4.03. The molecule has 0 aliphatic heterocycles. The Labute approximate surface area is 96.1 Å². The molecule has 16 heavy (non-hydrogen) atoms. The molecule has 0 aliphatic carbocycles. The van der Waals surface area contributed by atoms with E-state index in [1.54, 1.807) is 0 Å². The maximum atomic E-state index is 6.08. The number of pyridine rings is 1. The number of nitrogens with zero attached hydrogens (tertiary/aromatic N) is 1. The van der Waals surface area contributed by atoms with Gasteiger partial charge in [0.25, 0.3) is 0 Å². The zero-order chi connectivity index (χ0) is 11.4. The first kappa shape index (κ1) is 10.8. The fourth-order valence-electron chi connectivity index (χ4n) is 2.03. The summed E-state index contributed by atoms with van der Waals surface area (Å²) in [5.74, 6) is 0.240. The highest BCUT2D eigenvalue weighted by atomic mass is 14.6. The highest BCUT2D eigenvalue weighted by molar-refractivity contribution is 5.32. The summed E-state index contributed by atoms with van der Waals surface area (Å²) in [5.41, 5.74) is 8.55. The molecule has 0 spiro atoms. The van der Waals surface area contributed by atoms with Crippen LogP contribution in [0.15, 0.2) is 54.9 Å². The molecule has 0 aliphatic rings. The molecule has 0 fully saturated rings. The van der Waals surface area contributed by atoms with E-state index in [0.29, 0.717) is 0 Å². The normalized spacial score (nSPS) is 14.4. The molecular weight excluding hydrogens is 196 g/mol. The van der Waals surface area contributed by atoms with Crippen LogP contribution >= 0.6 is 0 Å². The van der Waals surface area contributed by atoms with Gasteiger partial charge in [-0.05, 0) is 30.2 Å². The highest BCUT2D eigenvalue weighted by Gasteiger charge is 2.17. The van der Waals surface area contributed by atoms with Crippen LogP contribution in [0.2, 0.25) is 0 Å². The van der Waals surface area contributed by atoms with Gasteiger partial charge in [-0.25, -0.2) is 0 Å². The maximum Gasteiger partial charge on any atom is 0.0270 e. The van der Waals surface area contributed by atoms with Crippen molar-refractivity contribution < 1.29 is 0 Å². The van der Waals surface area contributed by atoms with Crippen LogP contribution in [0, 0.1) is 0 Å². The van der Waals surface area contributed by atoms with Crippen LogP contribution in [0.4, 0.5) is 0 Å². The number of aromatic nitrogens is 1. The molecule has 2 rings (SSSR count). The van der Waals surface area contributed by atoms with Crippen LogP contribution in [0.1, 0.15) is 24.0 Å². The summed E-state index contributed by atoms with van der Waals surface area (Å²) in [4.78, 5) is 4.04. The van der Waals surface area contributed by atoms with Crippen molar-refractivity contribution >= 4 is 0 Å². The second kappa shape index (κ2) is 4.90. The van der Waals surface area contributed by atoms with Crippen molar-refractivity contribution in [2.24, 2.45) is 5.73 Å². The van der Waals surface area contributed by atoms with E-state index in [0.717, 1.165) is 0 Å². The maximum absolute atomic E-state index is 6.08. The van der Waals surface area contributed by atoms with Crippen molar-refractivity contribution in [3.63, 3.8) is 0 Å². The van der Waals surface area contributed by atoms with Crippen molar-refractivity contribution in [1.82, 2.24) is 4.98 Å². The molecule has 82 valence electrons. The number of nitrogens with two attached hydrogens (primary N) is 1. The molecule has 2 heteroatoms. The number of hydrogen-bond acceptors (Lipinski definition) is 2. The van der Waals surface area contributed by atoms with Crippen LogP contribution in [-0.2, 0) is 0 Å². The molecule has 2 aromatic rings. The summed E-state index contributed by atoms with van der Waals surface area (Å²) < 4.78 is 0. The molecule has 0 amide bonds. The number of hydrogen-bond donors (Lipinski definition) is 1. The third-order valence-electron chi connectivity index (χ3n) is 2.75. The van der Waals surface area contributed by atoms with Gasteiger partial charge in [-0.15, -0.1) is 0 Å². The summed E-state index contributed by atoms with van der Waals surface area (Å²) in [5, 5.41) is 0. The average Bonchev–Trinajstić information content (AvgIpc) is 2.31. The molecule has 2 nitrogen and oxygen atoms in total. The monoisotopic (exact) mass is 212 g/mol. The third kappa shape index (κ3) is 2.28. The quantitative estimate of drug-likeness (QED) is 0.849. The van der Waals surface area contributed by atoms with Crippen LogP contribution in [-0.4, -0.2) is 11.0 Å². The van der Waals surface area contributed by atoms with Crippen molar-refractivity contribution in [1.29, 1.82) is 0 Å². The van der Waals surface area contributed by atoms with E-state index >= 15 is 0 Å². The van der Waals surface area contributed by atoms with E-state index in [4.69, 9.17) is 5.73 Å². The molecule has 2 N–H and O–H groups in total. The van der Waals surface area contributed by atoms with Gasteiger partial charge in [0.05, 0.1) is 0 Å². The largest absolute Gasteiger partial charge is 0.327 e. The number of benzene rings is 1. The summed E-state index contributed by atoms with van der Waals surface area (Å²) >= 11 is 0. The Balaban J connectivity index is 2.40. The Morgan fingerprint density at radius 3 is 2.06 bits per heavy atom. The first-order valence-electron chi connectivity index (χ1n) is 5.49. The van der Waals surface area contributed by atoms with Gasteiger partial charge in [0.2, 0.25) is 0 Å². The molecule has 2 atom stereocenters. The Morgan fingerprint density at radius 2 is 1.50 bits per heavy atom. The van der Waals surface area contributed by atoms with Gasteiger partial charge in [-0.1, -0.05) is 30.3 Å².